The second-order valence-electron chi connectivity index (χ2n) is 20.2. The Balaban J connectivity index is 0.000000197. The molecular formula is C60H62F4N12O5. The number of carbonyl (C=O) groups excluding carboxylic acids is 5. The second-order valence-corrected chi connectivity index (χ2v) is 20.2. The van der Waals surface area contributed by atoms with Crippen molar-refractivity contribution in [3.63, 3.8) is 0 Å². The predicted molar refractivity (Wildman–Crippen MR) is 303 cm³/mol. The smallest absolute Gasteiger partial charge is 0.324 e. The molecule has 2 aliphatic rings. The van der Waals surface area contributed by atoms with E-state index in [0.717, 1.165) is 63.2 Å². The molecule has 2 aliphatic heterocycles. The van der Waals surface area contributed by atoms with Crippen LogP contribution in [0.1, 0.15) is 31.8 Å². The van der Waals surface area contributed by atoms with Crippen molar-refractivity contribution < 1.29 is 41.5 Å². The van der Waals surface area contributed by atoms with Crippen molar-refractivity contribution in [1.29, 1.82) is 0 Å². The summed E-state index contributed by atoms with van der Waals surface area (Å²) in [6, 6.07) is 34.9. The van der Waals surface area contributed by atoms with Gasteiger partial charge in [0.2, 0.25) is 0 Å². The standard InChI is InChI=1S/C31H31F3N6O3.C29H31FN6O2/c1-37-10-12-39(13-11-37)31(43)40(19-23-7-6-22(16-26(23)32)28(41)18-35-30(42)29(33)34)25-5-3-4-20(15-25)21-8-9-27-24(14-21)17-36-38(27)2;1-33-10-12-35(13-11-33)29(38)36(19-23-7-6-22(16-26(23)30)28(37)17-31)25-5-3-4-20(15-25)21-8-9-27-24(14-21)18-32-34(27)2/h3-9,14-17,29H,10-13,18-19H2,1-2H3,(H,35,42);3-9,14-16,18H,10-13,17,19,31H2,1-2H3. The number of carbonyl (C=O) groups is 5. The summed E-state index contributed by atoms with van der Waals surface area (Å²) in [5, 5.41) is 12.4. The first-order valence-corrected chi connectivity index (χ1v) is 26.4. The molecule has 2 aromatic heterocycles. The minimum absolute atomic E-state index is 0.0270. The molecule has 17 nitrogen and oxygen atoms in total. The maximum Gasteiger partial charge on any atom is 0.324 e. The largest absolute Gasteiger partial charge is 0.344 e. The summed E-state index contributed by atoms with van der Waals surface area (Å²) in [6.07, 6.45) is 0.358. The number of nitrogens with zero attached hydrogens (tertiary/aromatic N) is 10. The van der Waals surface area contributed by atoms with Crippen LogP contribution in [0.15, 0.2) is 134 Å². The predicted octanol–water partition coefficient (Wildman–Crippen LogP) is 8.21. The van der Waals surface area contributed by atoms with Crippen LogP contribution >= 0.6 is 0 Å². The maximum absolute atomic E-state index is 15.3. The number of amides is 5. The molecule has 2 fully saturated rings. The Labute approximate surface area is 465 Å². The lowest BCUT2D eigenvalue weighted by molar-refractivity contribution is -0.131. The number of rotatable bonds is 14. The van der Waals surface area contributed by atoms with E-state index < -0.39 is 36.3 Å². The Morgan fingerprint density at radius 1 is 0.543 bits per heavy atom. The van der Waals surface area contributed by atoms with Crippen molar-refractivity contribution in [3.8, 4) is 22.3 Å². The summed E-state index contributed by atoms with van der Waals surface area (Å²) in [5.41, 5.74) is 13.1. The molecule has 4 heterocycles. The molecule has 2 saturated heterocycles. The number of nitrogens with one attached hydrogen (secondary N) is 1. The number of benzene rings is 6. The number of hydrogen-bond donors (Lipinski definition) is 2. The van der Waals surface area contributed by atoms with Crippen molar-refractivity contribution in [2.45, 2.75) is 19.5 Å². The highest BCUT2D eigenvalue weighted by Crippen LogP contribution is 2.32. The van der Waals surface area contributed by atoms with Crippen molar-refractivity contribution in [3.05, 3.63) is 168 Å². The lowest BCUT2D eigenvalue weighted by atomic mass is 10.0. The maximum atomic E-state index is 15.3. The second kappa shape index (κ2) is 25.1. The van der Waals surface area contributed by atoms with E-state index in [1.807, 2.05) is 117 Å². The average molecular weight is 1110 g/mol. The van der Waals surface area contributed by atoms with Gasteiger partial charge in [0.15, 0.2) is 11.6 Å². The quantitative estimate of drug-likeness (QED) is 0.0797. The molecule has 5 amide bonds. The average Bonchev–Trinajstić information content (AvgIpc) is 4.09. The van der Waals surface area contributed by atoms with Gasteiger partial charge < -0.3 is 30.7 Å². The number of hydrogen-bond acceptors (Lipinski definition) is 10. The van der Waals surface area contributed by atoms with Crippen LogP contribution in [-0.4, -0.2) is 155 Å². The molecule has 0 spiro atoms. The normalized spacial score (nSPS) is 14.0. The van der Waals surface area contributed by atoms with E-state index in [-0.39, 0.29) is 54.2 Å². The van der Waals surface area contributed by atoms with E-state index in [2.05, 4.69) is 26.1 Å². The minimum atomic E-state index is -3.26. The lowest BCUT2D eigenvalue weighted by Crippen LogP contribution is -2.52. The van der Waals surface area contributed by atoms with Crippen LogP contribution in [0.3, 0.4) is 0 Å². The number of piperazine rings is 2. The van der Waals surface area contributed by atoms with Crippen molar-refractivity contribution >= 4 is 62.7 Å². The van der Waals surface area contributed by atoms with E-state index >= 15 is 8.78 Å². The van der Waals surface area contributed by atoms with Crippen LogP contribution in [0.4, 0.5) is 38.5 Å². The molecule has 3 N–H and O–H groups in total. The summed E-state index contributed by atoms with van der Waals surface area (Å²) >= 11 is 0. The number of aromatic nitrogens is 4. The third-order valence-electron chi connectivity index (χ3n) is 14.7. The molecule has 0 radical (unpaired) electrons. The SMILES string of the molecule is CN1CCN(C(=O)N(Cc2ccc(C(=O)CN)cc2F)c2cccc(-c3ccc4c(cnn4C)c3)c2)CC1.CN1CCN(C(=O)N(Cc2ccc(C(=O)CNC(=O)C(F)F)cc2F)c2cccc(-c3ccc4c(cnn4C)c3)c2)CC1. The molecule has 81 heavy (non-hydrogen) atoms. The van der Waals surface area contributed by atoms with Gasteiger partial charge in [-0.1, -0.05) is 60.7 Å². The molecule has 0 unspecified atom stereocenters. The molecule has 420 valence electrons. The van der Waals surface area contributed by atoms with Crippen molar-refractivity contribution in [2.24, 2.45) is 19.8 Å². The minimum Gasteiger partial charge on any atom is -0.344 e. The Morgan fingerprint density at radius 3 is 1.37 bits per heavy atom. The third kappa shape index (κ3) is 13.3. The fourth-order valence-corrected chi connectivity index (χ4v) is 9.77. The Morgan fingerprint density at radius 2 is 0.963 bits per heavy atom. The summed E-state index contributed by atoms with van der Waals surface area (Å²) in [5.74, 6) is -3.91. The van der Waals surface area contributed by atoms with Crippen molar-refractivity contribution in [1.82, 2.24) is 44.5 Å². The fraction of sp³-hybridized carbons (Fsp3) is 0.283. The molecular weight excluding hydrogens is 1040 g/mol. The molecule has 8 aromatic rings. The van der Waals surface area contributed by atoms with Gasteiger partial charge in [-0.3, -0.25) is 33.5 Å². The van der Waals surface area contributed by atoms with Gasteiger partial charge in [0.1, 0.15) is 11.6 Å². The number of Topliss-reactive ketones (excluding diaryl/α,β-unsaturated/α-hetero) is 2. The highest BCUT2D eigenvalue weighted by atomic mass is 19.3. The summed E-state index contributed by atoms with van der Waals surface area (Å²) in [4.78, 5) is 74.1. The first kappa shape index (κ1) is 56.9. The van der Waals surface area contributed by atoms with Crippen LogP contribution in [-0.2, 0) is 32.0 Å². The number of fused-ring (bicyclic) bond motifs is 2. The van der Waals surface area contributed by atoms with Gasteiger partial charge in [-0.05, 0) is 97.0 Å². The number of nitrogens with two attached hydrogens (primary N) is 1. The highest BCUT2D eigenvalue weighted by Gasteiger charge is 2.29. The van der Waals surface area contributed by atoms with E-state index in [4.69, 9.17) is 5.73 Å². The zero-order valence-electron chi connectivity index (χ0n) is 45.4. The van der Waals surface area contributed by atoms with E-state index in [1.165, 1.54) is 23.1 Å². The topological polar surface area (TPSA) is 178 Å². The first-order valence-electron chi connectivity index (χ1n) is 26.4. The molecule has 6 aromatic carbocycles. The van der Waals surface area contributed by atoms with Gasteiger partial charge in [0.05, 0.1) is 49.6 Å². The zero-order valence-corrected chi connectivity index (χ0v) is 45.4. The number of anilines is 2. The molecule has 0 bridgehead atoms. The number of ketones is 2. The molecule has 0 saturated carbocycles. The number of likely N-dealkylation sites (N-methyl/N-ethyl adjacent to an activating group) is 2. The fourth-order valence-electron chi connectivity index (χ4n) is 9.77. The van der Waals surface area contributed by atoms with E-state index in [9.17, 15) is 32.8 Å². The summed E-state index contributed by atoms with van der Waals surface area (Å²) in [7, 11) is 7.79. The van der Waals surface area contributed by atoms with E-state index in [1.54, 1.807) is 43.8 Å². The molecule has 10 rings (SSSR count). The Bertz CT molecular complexity index is 3630. The van der Waals surface area contributed by atoms with E-state index in [0.29, 0.717) is 56.2 Å². The number of aryl methyl sites for hydroxylation is 2. The Hall–Kier alpha value is -8.79. The van der Waals surface area contributed by atoms with Gasteiger partial charge in [-0.25, -0.2) is 18.4 Å². The van der Waals surface area contributed by atoms with Gasteiger partial charge in [0.25, 0.3) is 5.91 Å². The zero-order chi connectivity index (χ0) is 57.5. The number of alkyl halides is 2. The molecule has 0 aliphatic carbocycles. The van der Waals surface area contributed by atoms with Gasteiger partial charge in [-0.2, -0.15) is 19.0 Å². The first-order chi connectivity index (χ1) is 38.9. The summed E-state index contributed by atoms with van der Waals surface area (Å²) < 4.78 is 58.9. The van der Waals surface area contributed by atoms with Crippen LogP contribution < -0.4 is 20.9 Å². The monoisotopic (exact) mass is 1110 g/mol. The van der Waals surface area contributed by atoms with Crippen LogP contribution in [0.25, 0.3) is 44.1 Å². The summed E-state index contributed by atoms with van der Waals surface area (Å²) in [6.45, 7) is 4.22. The van der Waals surface area contributed by atoms with Crippen LogP contribution in [0, 0.1) is 11.6 Å². The number of urea groups is 2. The Kier molecular flexibility index (Phi) is 17.7. The van der Waals surface area contributed by atoms with Crippen LogP contribution in [0.5, 0.6) is 0 Å². The lowest BCUT2D eigenvalue weighted by Gasteiger charge is -2.36. The van der Waals surface area contributed by atoms with Crippen LogP contribution in [0.2, 0.25) is 0 Å². The number of halogens is 4. The van der Waals surface area contributed by atoms with Gasteiger partial charge >= 0.3 is 18.5 Å². The molecule has 21 heteroatoms. The van der Waals surface area contributed by atoms with Crippen molar-refractivity contribution in [2.75, 3.05) is 89.3 Å². The van der Waals surface area contributed by atoms with Gasteiger partial charge in [-0.15, -0.1) is 0 Å². The third-order valence-corrected chi connectivity index (χ3v) is 14.7. The molecule has 0 atom stereocenters. The van der Waals surface area contributed by atoms with Gasteiger partial charge in [0, 0.05) is 111 Å². The highest BCUT2D eigenvalue weighted by molar-refractivity contribution is 6.00.